The van der Waals surface area contributed by atoms with E-state index in [1.807, 2.05) is 202 Å². The van der Waals surface area contributed by atoms with Gasteiger partial charge >= 0.3 is 18.0 Å². The van der Waals surface area contributed by atoms with Gasteiger partial charge in [-0.25, -0.2) is 34.3 Å². The smallest absolute Gasteiger partial charge is 0.407 e. The molecule has 0 fully saturated rings. The third kappa shape index (κ3) is 25.2. The zero-order valence-electron chi connectivity index (χ0n) is 76.8. The summed E-state index contributed by atoms with van der Waals surface area (Å²) >= 11 is 16.0. The second-order valence-electron chi connectivity index (χ2n) is 33.2. The molecule has 17 aromatic rings. The molecule has 6 aromatic carbocycles. The standard InChI is InChI=1S/C27H26N4O3S.C23H21N5OS.C16H14ClN3O.C13H17NO2S.C8H7NOS.C8H9NS.C8H6O2S.CH3N/c1-27(2,3)34-25(32)20-15-22-19(13-14-35-22)31(20)26-29-23-18(11-8-12-21(23)33-4)24(30-26)28-16-17-9-6-5-7-10-17;1-29-19-9-5-8-17-21(19)26-23(27-22(17)25-14-15-6-3-2-4-7-15)28-16(13-24)12-20-18(28)10-11-30-20;1-21-13-9-5-8-12-14(13)19-16(17)20-15(12)18-10-11-6-3-2-4-7-11;1-13(2,3)16-12(15)14-8-9-6-10-4-5-17-11(10)7-9;9-8(10)6-3-5-1-2-11-7(5)4-6;9-5-6-3-7-1-2-10-8(7)4-6;9-8(10)6-3-5-1-2-11-7(5)4-6;1-2/h5-15H,16H2,1-4H3,(H,28,29,30);2-12H,13-14,24H2,1H3,(H,25,26,27);2-9H,10H2,1H3,(H,18,19,20);4-5,7H,6,8H2,1-3H3,(H,14,15);1-2,4H,3H2,(H2,9,10);1-2,4H,3,5,9H2;1-2,4H,3H2,(H,9,10);2H,1H2. The maximum absolute atomic E-state index is 13.2. The number of amides is 2. The number of carboxylic acid groups (broad SMARTS) is 1. The molecule has 0 radical (unpaired) electrons. The molecule has 0 spiro atoms. The lowest BCUT2D eigenvalue weighted by Crippen LogP contribution is -2.33. The average molecular weight is 1960 g/mol. The number of halogens is 1. The van der Waals surface area contributed by atoms with Crippen molar-refractivity contribution in [2.75, 3.05) is 50.4 Å². The number of hydrogen-bond acceptors (Lipinski definition) is 27. The molecule has 11 heterocycles. The SMILES string of the molecule is C=N.CC(C)(C)OC(=O)NCC1=Cc2sccc2C1.COc1cccc2c(NCc3ccccc3)nc(-n3c(C(=O)OC(C)(C)C)cc4sccc43)nc12.COc1cccc2c(NCc3ccccc3)nc(-n3c(CN)cc4sccc43)nc12.COc1cccc2c(NCc3ccccc3)nc(Cl)nc12.NC(=O)C1=Cc2sccc2C1.NCC1=Cc2sccc2C1.O=C(O)C1=Cc2sccc2C1. The Hall–Kier alpha value is -14.1. The number of aliphatic carboxylic acids is 1. The van der Waals surface area contributed by atoms with Gasteiger partial charge in [-0.3, -0.25) is 13.9 Å². The van der Waals surface area contributed by atoms with Gasteiger partial charge in [0.15, 0.2) is 0 Å². The number of carboxylic acids is 1. The zero-order chi connectivity index (χ0) is 96.9. The fourth-order valence-corrected chi connectivity index (χ4v) is 20.4. The summed E-state index contributed by atoms with van der Waals surface area (Å²) in [4.78, 5) is 78.9. The van der Waals surface area contributed by atoms with E-state index >= 15 is 0 Å². The monoisotopic (exact) mass is 1960 g/mol. The highest BCUT2D eigenvalue weighted by atomic mass is 35.5. The van der Waals surface area contributed by atoms with Crippen LogP contribution in [-0.2, 0) is 70.9 Å². The number of para-hydroxylation sites is 3. The molecular formula is C104H103ClN16O10S6. The molecule has 21 rings (SSSR count). The van der Waals surface area contributed by atoms with Crippen LogP contribution in [-0.4, -0.2) is 120 Å². The number of nitrogens with one attached hydrogen (secondary N) is 5. The Kier molecular flexibility index (Phi) is 33.2. The van der Waals surface area contributed by atoms with Crippen molar-refractivity contribution in [1.29, 1.82) is 5.41 Å². The van der Waals surface area contributed by atoms with E-state index in [9.17, 15) is 19.2 Å². The van der Waals surface area contributed by atoms with Crippen molar-refractivity contribution in [2.24, 2.45) is 17.2 Å². The molecule has 0 bridgehead atoms. The molecule has 0 unspecified atom stereocenters. The van der Waals surface area contributed by atoms with E-state index in [0.717, 1.165) is 88.0 Å². The molecule has 0 aliphatic heterocycles. The van der Waals surface area contributed by atoms with E-state index in [1.54, 1.807) is 100.0 Å². The molecule has 0 saturated heterocycles. The van der Waals surface area contributed by atoms with Gasteiger partial charge in [-0.05, 0) is 259 Å². The van der Waals surface area contributed by atoms with Gasteiger partial charge in [-0.1, -0.05) is 115 Å². The van der Waals surface area contributed by atoms with Crippen LogP contribution in [0.15, 0.2) is 249 Å². The van der Waals surface area contributed by atoms with Gasteiger partial charge in [0, 0.05) is 105 Å². The number of carbonyl (C=O) groups excluding carboxylic acids is 3. The van der Waals surface area contributed by atoms with Crippen molar-refractivity contribution in [3.05, 3.63) is 324 Å². The molecule has 702 valence electrons. The Morgan fingerprint density at radius 2 is 0.839 bits per heavy atom. The van der Waals surface area contributed by atoms with Crippen LogP contribution in [0.25, 0.3) is 89.3 Å². The number of anilines is 3. The lowest BCUT2D eigenvalue weighted by atomic mass is 10.2. The first-order chi connectivity index (χ1) is 66.3. The van der Waals surface area contributed by atoms with Crippen LogP contribution in [0.3, 0.4) is 0 Å². The highest BCUT2D eigenvalue weighted by Crippen LogP contribution is 2.39. The first kappa shape index (κ1) is 98.9. The van der Waals surface area contributed by atoms with Crippen molar-refractivity contribution in [3.8, 4) is 29.1 Å². The molecule has 2 amide bonds. The van der Waals surface area contributed by atoms with Gasteiger partial charge in [0.05, 0.1) is 41.8 Å². The number of primary amides is 1. The maximum Gasteiger partial charge on any atom is 0.407 e. The molecule has 0 saturated carbocycles. The van der Waals surface area contributed by atoms with Gasteiger partial charge in [0.1, 0.15) is 68.1 Å². The van der Waals surface area contributed by atoms with Crippen LogP contribution in [0.1, 0.15) is 116 Å². The number of thiophene rings is 6. The minimum atomic E-state index is -0.798. The van der Waals surface area contributed by atoms with E-state index < -0.39 is 23.1 Å². The first-order valence-corrected chi connectivity index (χ1v) is 49.2. The summed E-state index contributed by atoms with van der Waals surface area (Å²) in [6.45, 7) is 17.2. The topological polar surface area (TPSA) is 372 Å². The second-order valence-corrected chi connectivity index (χ2v) is 39.2. The number of ether oxygens (including phenoxy) is 5. The number of nitrogens with two attached hydrogens (primary N) is 3. The van der Waals surface area contributed by atoms with Gasteiger partial charge in [0.2, 0.25) is 23.1 Å². The number of hydrogen-bond donors (Lipinski definition) is 9. The number of nitrogens with zero attached hydrogens (tertiary/aromatic N) is 8. The maximum atomic E-state index is 13.2. The van der Waals surface area contributed by atoms with Crippen LogP contribution >= 0.6 is 79.6 Å². The van der Waals surface area contributed by atoms with Crippen molar-refractivity contribution in [1.82, 2.24) is 44.4 Å². The van der Waals surface area contributed by atoms with Gasteiger partial charge in [0.25, 0.3) is 0 Å². The molecular weight excluding hydrogens is 1860 g/mol. The van der Waals surface area contributed by atoms with Crippen LogP contribution < -0.4 is 52.7 Å². The van der Waals surface area contributed by atoms with Gasteiger partial charge in [-0.2, -0.15) is 9.97 Å². The molecule has 0 atom stereocenters. The van der Waals surface area contributed by atoms with Crippen LogP contribution in [0.2, 0.25) is 5.28 Å². The quantitative estimate of drug-likeness (QED) is 0.0183. The summed E-state index contributed by atoms with van der Waals surface area (Å²) in [6, 6.07) is 64.1. The predicted octanol–water partition coefficient (Wildman–Crippen LogP) is 22.9. The highest BCUT2D eigenvalue weighted by molar-refractivity contribution is 7.17. The van der Waals surface area contributed by atoms with E-state index in [-0.39, 0.29) is 17.3 Å². The lowest BCUT2D eigenvalue weighted by molar-refractivity contribution is -0.132. The summed E-state index contributed by atoms with van der Waals surface area (Å²) in [5, 5.41) is 42.3. The van der Waals surface area contributed by atoms with E-state index in [2.05, 4.69) is 127 Å². The second kappa shape index (κ2) is 46.0. The molecule has 11 aromatic heterocycles. The number of aromatic nitrogens is 8. The zero-order valence-corrected chi connectivity index (χ0v) is 82.4. The molecule has 4 aliphatic rings. The van der Waals surface area contributed by atoms with Crippen molar-refractivity contribution in [3.63, 3.8) is 0 Å². The molecule has 26 nitrogen and oxygen atoms in total. The van der Waals surface area contributed by atoms with Crippen LogP contribution in [0, 0.1) is 5.41 Å². The Bertz CT molecular complexity index is 7190. The van der Waals surface area contributed by atoms with Crippen molar-refractivity contribution >= 4 is 205 Å². The number of carbonyl (C=O) groups is 4. The fourth-order valence-electron chi connectivity index (χ4n) is 15.1. The molecule has 4 aliphatic carbocycles. The Morgan fingerprint density at radius 1 is 0.445 bits per heavy atom. The van der Waals surface area contributed by atoms with Gasteiger partial charge < -0.3 is 72.7 Å². The van der Waals surface area contributed by atoms with Crippen molar-refractivity contribution in [2.45, 2.75) is 105 Å². The average Bonchev–Trinajstić information content (AvgIpc) is 1.65. The molecule has 12 N–H and O–H groups in total. The highest BCUT2D eigenvalue weighted by Gasteiger charge is 2.28. The molecule has 33 heteroatoms. The number of fused-ring (bicyclic) bond motifs is 9. The third-order valence-electron chi connectivity index (χ3n) is 21.4. The molecule has 137 heavy (non-hydrogen) atoms. The lowest BCUT2D eigenvalue weighted by Gasteiger charge is -2.20. The fraction of sp³-hybridized carbons (Fsp3) is 0.202. The number of benzene rings is 6. The van der Waals surface area contributed by atoms with Crippen molar-refractivity contribution < 1.29 is 48.0 Å². The summed E-state index contributed by atoms with van der Waals surface area (Å²) < 4.78 is 33.3. The van der Waals surface area contributed by atoms with Crippen LogP contribution in [0.5, 0.6) is 17.2 Å². The number of rotatable bonds is 21. The Balaban J connectivity index is 0.000000133. The predicted molar refractivity (Wildman–Crippen MR) is 561 cm³/mol. The summed E-state index contributed by atoms with van der Waals surface area (Å²) in [5.74, 6) is 3.56. The first-order valence-electron chi connectivity index (χ1n) is 43.5. The number of esters is 1. The van der Waals surface area contributed by atoms with Gasteiger partial charge in [-0.15, -0.1) is 68.0 Å². The largest absolute Gasteiger partial charge is 0.494 e. The third-order valence-corrected chi connectivity index (χ3v) is 26.9. The normalized spacial score (nSPS) is 12.3. The minimum Gasteiger partial charge on any atom is -0.494 e. The van der Waals surface area contributed by atoms with E-state index in [4.69, 9.17) is 82.9 Å². The summed E-state index contributed by atoms with van der Waals surface area (Å²) in [7, 11) is 4.89. The van der Waals surface area contributed by atoms with Crippen LogP contribution in [0.4, 0.5) is 22.2 Å². The summed E-state index contributed by atoms with van der Waals surface area (Å²) in [6.07, 6.45) is 11.0. The van der Waals surface area contributed by atoms with E-state index in [1.165, 1.54) is 53.6 Å². The summed E-state index contributed by atoms with van der Waals surface area (Å²) in [5.41, 5.74) is 33.5. The Labute approximate surface area is 821 Å². The Morgan fingerprint density at radius 3 is 1.26 bits per heavy atom. The number of alkyl carbamates (subject to hydrolysis) is 1. The minimum absolute atomic E-state index is 0.197. The van der Waals surface area contributed by atoms with E-state index in [0.29, 0.717) is 115 Å². The number of methoxy groups -OCH3 is 3.